The summed E-state index contributed by atoms with van der Waals surface area (Å²) in [5, 5.41) is 8.88. The van der Waals surface area contributed by atoms with Gasteiger partial charge in [-0.3, -0.25) is 9.78 Å². The molecule has 1 aliphatic rings. The average Bonchev–Trinajstić information content (AvgIpc) is 2.37. The Hall–Kier alpha value is -2.50. The van der Waals surface area contributed by atoms with Crippen LogP contribution in [0.15, 0.2) is 36.7 Å². The van der Waals surface area contributed by atoms with Crippen molar-refractivity contribution in [2.45, 2.75) is 6.42 Å². The molecular formula is C15H14FN3O2. The number of anilines is 1. The number of carboxylic acids is 1. The molecule has 3 rings (SSSR count). The van der Waals surface area contributed by atoms with Crippen LogP contribution in [-0.4, -0.2) is 34.1 Å². The van der Waals surface area contributed by atoms with E-state index in [2.05, 4.69) is 9.97 Å². The van der Waals surface area contributed by atoms with Crippen molar-refractivity contribution in [2.24, 2.45) is 5.92 Å². The second-order valence-electron chi connectivity index (χ2n) is 5.12. The van der Waals surface area contributed by atoms with Gasteiger partial charge in [-0.2, -0.15) is 0 Å². The van der Waals surface area contributed by atoms with Crippen LogP contribution in [0.25, 0.3) is 0 Å². The van der Waals surface area contributed by atoms with Crippen LogP contribution in [-0.2, 0) is 11.2 Å². The highest BCUT2D eigenvalue weighted by Crippen LogP contribution is 2.22. The number of halogens is 1. The zero-order valence-electron chi connectivity index (χ0n) is 11.2. The van der Waals surface area contributed by atoms with Gasteiger partial charge >= 0.3 is 5.97 Å². The Morgan fingerprint density at radius 1 is 1.38 bits per heavy atom. The first-order chi connectivity index (χ1) is 10.1. The first-order valence-electron chi connectivity index (χ1n) is 6.65. The van der Waals surface area contributed by atoms with Gasteiger partial charge in [0.1, 0.15) is 11.6 Å². The average molecular weight is 287 g/mol. The lowest BCUT2D eigenvalue weighted by Gasteiger charge is -2.37. The molecule has 2 heterocycles. The Morgan fingerprint density at radius 2 is 2.19 bits per heavy atom. The zero-order valence-corrected chi connectivity index (χ0v) is 11.2. The van der Waals surface area contributed by atoms with Gasteiger partial charge in [0.05, 0.1) is 17.8 Å². The molecule has 5 nitrogen and oxygen atoms in total. The van der Waals surface area contributed by atoms with Gasteiger partial charge in [0.2, 0.25) is 0 Å². The highest BCUT2D eigenvalue weighted by Gasteiger charge is 2.33. The van der Waals surface area contributed by atoms with Crippen LogP contribution in [0.5, 0.6) is 0 Å². The lowest BCUT2D eigenvalue weighted by molar-refractivity contribution is -0.142. The second kappa shape index (κ2) is 5.47. The van der Waals surface area contributed by atoms with Crippen LogP contribution in [0, 0.1) is 11.7 Å². The third kappa shape index (κ3) is 2.99. The molecule has 1 aromatic carbocycles. The molecule has 108 valence electrons. The monoisotopic (exact) mass is 287 g/mol. The number of rotatable bonds is 4. The van der Waals surface area contributed by atoms with E-state index in [1.54, 1.807) is 18.5 Å². The van der Waals surface area contributed by atoms with Gasteiger partial charge in [-0.1, -0.05) is 12.1 Å². The maximum Gasteiger partial charge on any atom is 0.310 e. The van der Waals surface area contributed by atoms with Gasteiger partial charge in [-0.15, -0.1) is 0 Å². The SMILES string of the molecule is O=C(O)C1CN(c2cncc(Cc3cccc(F)c3)n2)C1. The molecule has 0 bridgehead atoms. The summed E-state index contributed by atoms with van der Waals surface area (Å²) in [5.41, 5.74) is 1.56. The highest BCUT2D eigenvalue weighted by atomic mass is 19.1. The molecule has 1 fully saturated rings. The Balaban J connectivity index is 1.71. The zero-order chi connectivity index (χ0) is 14.8. The molecule has 0 atom stereocenters. The van der Waals surface area contributed by atoms with Crippen LogP contribution in [0.3, 0.4) is 0 Å². The summed E-state index contributed by atoms with van der Waals surface area (Å²) in [6, 6.07) is 6.37. The van der Waals surface area contributed by atoms with E-state index in [4.69, 9.17) is 5.11 Å². The molecule has 1 N–H and O–H groups in total. The number of carboxylic acid groups (broad SMARTS) is 1. The van der Waals surface area contributed by atoms with E-state index in [-0.39, 0.29) is 11.7 Å². The normalized spacial score (nSPS) is 14.8. The van der Waals surface area contributed by atoms with E-state index < -0.39 is 5.97 Å². The van der Waals surface area contributed by atoms with Crippen molar-refractivity contribution in [1.82, 2.24) is 9.97 Å². The summed E-state index contributed by atoms with van der Waals surface area (Å²) in [6.07, 6.45) is 3.75. The fourth-order valence-corrected chi connectivity index (χ4v) is 2.31. The van der Waals surface area contributed by atoms with Crippen molar-refractivity contribution in [3.63, 3.8) is 0 Å². The lowest BCUT2D eigenvalue weighted by Crippen LogP contribution is -2.50. The molecular weight excluding hydrogens is 273 g/mol. The molecule has 6 heteroatoms. The smallest absolute Gasteiger partial charge is 0.310 e. The third-order valence-electron chi connectivity index (χ3n) is 3.50. The van der Waals surface area contributed by atoms with Crippen molar-refractivity contribution < 1.29 is 14.3 Å². The standard InChI is InChI=1S/C15H14FN3O2/c16-12-3-1-2-10(4-12)5-13-6-17-7-14(18-13)19-8-11(9-19)15(20)21/h1-4,6-7,11H,5,8-9H2,(H,20,21). The number of benzene rings is 1. The number of nitrogens with zero attached hydrogens (tertiary/aromatic N) is 3. The maximum absolute atomic E-state index is 13.2. The number of carbonyl (C=O) groups is 1. The van der Waals surface area contributed by atoms with Gasteiger partial charge in [-0.25, -0.2) is 9.37 Å². The summed E-state index contributed by atoms with van der Waals surface area (Å²) in [7, 11) is 0. The van der Waals surface area contributed by atoms with Gasteiger partial charge in [0, 0.05) is 25.7 Å². The fraction of sp³-hybridized carbons (Fsp3) is 0.267. The van der Waals surface area contributed by atoms with E-state index >= 15 is 0 Å². The Kier molecular flexibility index (Phi) is 3.51. The Morgan fingerprint density at radius 3 is 2.90 bits per heavy atom. The van der Waals surface area contributed by atoms with E-state index in [1.807, 2.05) is 11.0 Å². The lowest BCUT2D eigenvalue weighted by atomic mass is 10.0. The van der Waals surface area contributed by atoms with Crippen LogP contribution < -0.4 is 4.90 Å². The molecule has 0 saturated carbocycles. The Labute approximate surface area is 121 Å². The minimum atomic E-state index is -0.782. The summed E-state index contributed by atoms with van der Waals surface area (Å²) in [6.45, 7) is 0.904. The predicted molar refractivity (Wildman–Crippen MR) is 74.6 cm³/mol. The third-order valence-corrected chi connectivity index (χ3v) is 3.50. The van der Waals surface area contributed by atoms with Gasteiger partial charge < -0.3 is 10.0 Å². The summed E-state index contributed by atoms with van der Waals surface area (Å²) >= 11 is 0. The second-order valence-corrected chi connectivity index (χ2v) is 5.12. The maximum atomic E-state index is 13.2. The number of aliphatic carboxylic acids is 1. The predicted octanol–water partition coefficient (Wildman–Crippen LogP) is 1.73. The number of aromatic nitrogens is 2. The molecule has 0 spiro atoms. The quantitative estimate of drug-likeness (QED) is 0.927. The van der Waals surface area contributed by atoms with Crippen LogP contribution in [0.1, 0.15) is 11.3 Å². The molecule has 21 heavy (non-hydrogen) atoms. The van der Waals surface area contributed by atoms with Crippen molar-refractivity contribution in [2.75, 3.05) is 18.0 Å². The first kappa shape index (κ1) is 13.5. The molecule has 1 aliphatic heterocycles. The Bertz CT molecular complexity index is 671. The van der Waals surface area contributed by atoms with E-state index in [0.29, 0.717) is 25.3 Å². The van der Waals surface area contributed by atoms with E-state index in [9.17, 15) is 9.18 Å². The minimum Gasteiger partial charge on any atom is -0.481 e. The summed E-state index contributed by atoms with van der Waals surface area (Å²) < 4.78 is 13.2. The van der Waals surface area contributed by atoms with Crippen molar-refractivity contribution in [3.05, 3.63) is 53.7 Å². The summed E-state index contributed by atoms with van der Waals surface area (Å²) in [4.78, 5) is 21.3. The molecule has 0 radical (unpaired) electrons. The number of hydrogen-bond donors (Lipinski definition) is 1. The van der Waals surface area contributed by atoms with Crippen molar-refractivity contribution in [3.8, 4) is 0 Å². The minimum absolute atomic E-state index is 0.274. The van der Waals surface area contributed by atoms with E-state index in [0.717, 1.165) is 11.3 Å². The molecule has 1 saturated heterocycles. The molecule has 0 amide bonds. The van der Waals surface area contributed by atoms with Crippen molar-refractivity contribution >= 4 is 11.8 Å². The van der Waals surface area contributed by atoms with Crippen LogP contribution in [0.2, 0.25) is 0 Å². The molecule has 0 unspecified atom stereocenters. The highest BCUT2D eigenvalue weighted by molar-refractivity contribution is 5.74. The van der Waals surface area contributed by atoms with Crippen LogP contribution >= 0.6 is 0 Å². The summed E-state index contributed by atoms with van der Waals surface area (Å²) in [5.74, 6) is -0.723. The molecule has 0 aliphatic carbocycles. The largest absolute Gasteiger partial charge is 0.481 e. The van der Waals surface area contributed by atoms with E-state index in [1.165, 1.54) is 12.1 Å². The van der Waals surface area contributed by atoms with Gasteiger partial charge in [-0.05, 0) is 17.7 Å². The molecule has 1 aromatic heterocycles. The fourth-order valence-electron chi connectivity index (χ4n) is 2.31. The number of hydrogen-bond acceptors (Lipinski definition) is 4. The molecule has 2 aromatic rings. The van der Waals surface area contributed by atoms with Crippen molar-refractivity contribution in [1.29, 1.82) is 0 Å². The van der Waals surface area contributed by atoms with Gasteiger partial charge in [0.15, 0.2) is 0 Å². The topological polar surface area (TPSA) is 66.3 Å². The first-order valence-corrected chi connectivity index (χ1v) is 6.65. The van der Waals surface area contributed by atoms with Crippen LogP contribution in [0.4, 0.5) is 10.2 Å². The van der Waals surface area contributed by atoms with Gasteiger partial charge in [0.25, 0.3) is 0 Å².